The highest BCUT2D eigenvalue weighted by molar-refractivity contribution is 5.88. The molecule has 0 spiro atoms. The SMILES string of the molecule is O=C(O)c1nn(-c2ccccc2C(F)(F)F)c(=O)cc1O. The lowest BCUT2D eigenvalue weighted by atomic mass is 10.1. The highest BCUT2D eigenvalue weighted by Crippen LogP contribution is 2.33. The minimum atomic E-state index is -4.75. The molecular weight excluding hydrogens is 293 g/mol. The molecule has 9 heteroatoms. The Morgan fingerprint density at radius 2 is 1.86 bits per heavy atom. The molecule has 0 radical (unpaired) electrons. The summed E-state index contributed by atoms with van der Waals surface area (Å²) in [4.78, 5) is 22.5. The number of rotatable bonds is 2. The summed E-state index contributed by atoms with van der Waals surface area (Å²) in [5.41, 5.74) is -3.79. The number of halogens is 3. The van der Waals surface area contributed by atoms with E-state index >= 15 is 0 Å². The molecule has 0 aliphatic rings. The number of hydrogen-bond donors (Lipinski definition) is 2. The van der Waals surface area contributed by atoms with Crippen molar-refractivity contribution in [3.8, 4) is 11.4 Å². The van der Waals surface area contributed by atoms with E-state index in [9.17, 15) is 27.9 Å². The van der Waals surface area contributed by atoms with Gasteiger partial charge in [0.05, 0.1) is 11.3 Å². The fraction of sp³-hybridized carbons (Fsp3) is 0.0833. The lowest BCUT2D eigenvalue weighted by molar-refractivity contribution is -0.137. The topological polar surface area (TPSA) is 92.4 Å². The van der Waals surface area contributed by atoms with Gasteiger partial charge in [0.1, 0.15) is 0 Å². The van der Waals surface area contributed by atoms with Crippen LogP contribution in [0.4, 0.5) is 13.2 Å². The standard InChI is InChI=1S/C12H7F3N2O4/c13-12(14,15)6-3-1-2-4-7(6)17-9(19)5-8(18)10(16-17)11(20)21/h1-5,18H,(H,20,21). The minimum absolute atomic E-state index is 0.284. The van der Waals surface area contributed by atoms with Gasteiger partial charge in [0.15, 0.2) is 5.75 Å². The average Bonchev–Trinajstić information content (AvgIpc) is 2.37. The van der Waals surface area contributed by atoms with Crippen LogP contribution >= 0.6 is 0 Å². The molecule has 0 saturated carbocycles. The van der Waals surface area contributed by atoms with E-state index < -0.39 is 40.4 Å². The maximum absolute atomic E-state index is 12.9. The number of carboxylic acid groups (broad SMARTS) is 1. The fourth-order valence-electron chi connectivity index (χ4n) is 1.67. The molecule has 2 rings (SSSR count). The number of nitrogens with zero attached hydrogens (tertiary/aromatic N) is 2. The first kappa shape index (κ1) is 14.6. The number of aromatic nitrogens is 2. The second-order valence-electron chi connectivity index (χ2n) is 3.95. The van der Waals surface area contributed by atoms with Crippen molar-refractivity contribution in [2.45, 2.75) is 6.18 Å². The Kier molecular flexibility index (Phi) is 3.42. The van der Waals surface area contributed by atoms with Crippen molar-refractivity contribution in [3.05, 3.63) is 51.9 Å². The van der Waals surface area contributed by atoms with E-state index in [0.717, 1.165) is 18.2 Å². The molecule has 0 amide bonds. The average molecular weight is 300 g/mol. The summed E-state index contributed by atoms with van der Waals surface area (Å²) in [6.45, 7) is 0. The van der Waals surface area contributed by atoms with Crippen molar-refractivity contribution in [3.63, 3.8) is 0 Å². The first-order valence-corrected chi connectivity index (χ1v) is 5.45. The van der Waals surface area contributed by atoms with Crippen LogP contribution in [-0.2, 0) is 6.18 Å². The Morgan fingerprint density at radius 1 is 1.24 bits per heavy atom. The van der Waals surface area contributed by atoms with E-state index in [4.69, 9.17) is 5.11 Å². The first-order chi connectivity index (χ1) is 9.71. The van der Waals surface area contributed by atoms with E-state index in [1.54, 1.807) is 0 Å². The van der Waals surface area contributed by atoms with Crippen molar-refractivity contribution >= 4 is 5.97 Å². The molecule has 0 unspecified atom stereocenters. The van der Waals surface area contributed by atoms with Gasteiger partial charge in [0, 0.05) is 6.07 Å². The molecule has 1 aromatic carbocycles. The highest BCUT2D eigenvalue weighted by atomic mass is 19.4. The van der Waals surface area contributed by atoms with Crippen LogP contribution in [0.2, 0.25) is 0 Å². The maximum atomic E-state index is 12.9. The van der Waals surface area contributed by atoms with Crippen LogP contribution in [0.1, 0.15) is 16.1 Å². The summed E-state index contributed by atoms with van der Waals surface area (Å²) in [6.07, 6.45) is -4.75. The van der Waals surface area contributed by atoms with Crippen LogP contribution in [0, 0.1) is 0 Å². The molecular formula is C12H7F3N2O4. The second-order valence-corrected chi connectivity index (χ2v) is 3.95. The third-order valence-corrected chi connectivity index (χ3v) is 2.55. The number of hydrogen-bond acceptors (Lipinski definition) is 4. The lowest BCUT2D eigenvalue weighted by Gasteiger charge is -2.13. The van der Waals surface area contributed by atoms with Gasteiger partial charge in [-0.1, -0.05) is 12.1 Å². The zero-order valence-corrected chi connectivity index (χ0v) is 10.1. The molecule has 21 heavy (non-hydrogen) atoms. The highest BCUT2D eigenvalue weighted by Gasteiger charge is 2.34. The third-order valence-electron chi connectivity index (χ3n) is 2.55. The van der Waals surface area contributed by atoms with Crippen molar-refractivity contribution < 1.29 is 28.2 Å². The van der Waals surface area contributed by atoms with Crippen LogP contribution < -0.4 is 5.56 Å². The molecule has 0 bridgehead atoms. The van der Waals surface area contributed by atoms with E-state index in [-0.39, 0.29) is 4.68 Å². The summed E-state index contributed by atoms with van der Waals surface area (Å²) < 4.78 is 39.0. The monoisotopic (exact) mass is 300 g/mol. The molecule has 1 heterocycles. The van der Waals surface area contributed by atoms with Gasteiger partial charge < -0.3 is 10.2 Å². The Bertz CT molecular complexity index is 768. The van der Waals surface area contributed by atoms with Gasteiger partial charge in [0.2, 0.25) is 5.69 Å². The Labute approximate surface area is 114 Å². The van der Waals surface area contributed by atoms with Gasteiger partial charge in [-0.2, -0.15) is 23.0 Å². The number of alkyl halides is 3. The Balaban J connectivity index is 2.77. The Hall–Kier alpha value is -2.84. The summed E-state index contributed by atoms with van der Waals surface area (Å²) in [6, 6.07) is 4.56. The van der Waals surface area contributed by atoms with Crippen molar-refractivity contribution in [2.24, 2.45) is 0 Å². The van der Waals surface area contributed by atoms with E-state index in [1.165, 1.54) is 6.07 Å². The minimum Gasteiger partial charge on any atom is -0.505 e. The molecule has 0 saturated heterocycles. The zero-order chi connectivity index (χ0) is 15.8. The number of carbonyl (C=O) groups is 1. The molecule has 0 atom stereocenters. The van der Waals surface area contributed by atoms with Gasteiger partial charge in [-0.3, -0.25) is 4.79 Å². The number of para-hydroxylation sites is 1. The van der Waals surface area contributed by atoms with Crippen LogP contribution in [0.3, 0.4) is 0 Å². The van der Waals surface area contributed by atoms with Crippen molar-refractivity contribution in [1.82, 2.24) is 9.78 Å². The predicted molar refractivity (Wildman–Crippen MR) is 63.5 cm³/mol. The molecule has 0 aliphatic carbocycles. The molecule has 6 nitrogen and oxygen atoms in total. The predicted octanol–water partition coefficient (Wildman–Crippen LogP) is 1.66. The largest absolute Gasteiger partial charge is 0.505 e. The maximum Gasteiger partial charge on any atom is 0.418 e. The second kappa shape index (κ2) is 4.93. The van der Waals surface area contributed by atoms with Crippen molar-refractivity contribution in [1.29, 1.82) is 0 Å². The smallest absolute Gasteiger partial charge is 0.418 e. The first-order valence-electron chi connectivity index (χ1n) is 5.45. The molecule has 2 N–H and O–H groups in total. The van der Waals surface area contributed by atoms with E-state index in [0.29, 0.717) is 6.07 Å². The fourth-order valence-corrected chi connectivity index (χ4v) is 1.67. The van der Waals surface area contributed by atoms with E-state index in [2.05, 4.69) is 5.10 Å². The number of aromatic hydroxyl groups is 1. The molecule has 110 valence electrons. The van der Waals surface area contributed by atoms with Gasteiger partial charge >= 0.3 is 12.1 Å². The van der Waals surface area contributed by atoms with Crippen LogP contribution in [0.5, 0.6) is 5.75 Å². The molecule has 1 aromatic heterocycles. The summed E-state index contributed by atoms with van der Waals surface area (Å²) in [7, 11) is 0. The molecule has 0 aliphatic heterocycles. The molecule has 2 aromatic rings. The zero-order valence-electron chi connectivity index (χ0n) is 10.1. The van der Waals surface area contributed by atoms with Gasteiger partial charge in [-0.05, 0) is 12.1 Å². The number of aromatic carboxylic acids is 1. The third kappa shape index (κ3) is 2.71. The number of benzene rings is 1. The Morgan fingerprint density at radius 3 is 2.43 bits per heavy atom. The number of carboxylic acids is 1. The quantitative estimate of drug-likeness (QED) is 0.880. The van der Waals surface area contributed by atoms with Gasteiger partial charge in [-0.25, -0.2) is 4.79 Å². The summed E-state index contributed by atoms with van der Waals surface area (Å²) in [5, 5.41) is 21.4. The van der Waals surface area contributed by atoms with Crippen molar-refractivity contribution in [2.75, 3.05) is 0 Å². The molecule has 0 fully saturated rings. The normalized spacial score (nSPS) is 11.4. The summed E-state index contributed by atoms with van der Waals surface area (Å²) in [5.74, 6) is -2.60. The van der Waals surface area contributed by atoms with Gasteiger partial charge in [0.25, 0.3) is 5.56 Å². The summed E-state index contributed by atoms with van der Waals surface area (Å²) >= 11 is 0. The van der Waals surface area contributed by atoms with Crippen LogP contribution in [-0.4, -0.2) is 26.0 Å². The van der Waals surface area contributed by atoms with Crippen LogP contribution in [0.15, 0.2) is 35.1 Å². The van der Waals surface area contributed by atoms with Gasteiger partial charge in [-0.15, -0.1) is 0 Å². The van der Waals surface area contributed by atoms with Crippen LogP contribution in [0.25, 0.3) is 5.69 Å². The van der Waals surface area contributed by atoms with E-state index in [1.807, 2.05) is 0 Å². The lowest BCUT2D eigenvalue weighted by Crippen LogP contribution is -2.25.